The van der Waals surface area contributed by atoms with Crippen molar-refractivity contribution in [1.29, 1.82) is 0 Å². The highest BCUT2D eigenvalue weighted by Gasteiger charge is 2.28. The number of hydrogen-bond acceptors (Lipinski definition) is 3. The largest absolute Gasteiger partial charge is 0.480 e. The van der Waals surface area contributed by atoms with Crippen LogP contribution in [0.15, 0.2) is 30.5 Å². The molecular formula is C18H23N3O3. The van der Waals surface area contributed by atoms with Crippen LogP contribution < -0.4 is 5.32 Å². The van der Waals surface area contributed by atoms with Gasteiger partial charge in [0, 0.05) is 11.6 Å². The molecule has 1 aromatic heterocycles. The summed E-state index contributed by atoms with van der Waals surface area (Å²) >= 11 is 0. The minimum atomic E-state index is -1.08. The van der Waals surface area contributed by atoms with Gasteiger partial charge in [0.1, 0.15) is 6.04 Å². The topological polar surface area (TPSA) is 84.2 Å². The SMILES string of the molecule is Cc1ccc(-n2cc(C(=O)NC(C)C(=O)O)c(C(C)(C)C)n2)cc1. The number of nitrogens with zero attached hydrogens (tertiary/aromatic N) is 2. The van der Waals surface area contributed by atoms with Gasteiger partial charge in [-0.2, -0.15) is 5.10 Å². The third-order valence-corrected chi connectivity index (χ3v) is 3.69. The highest BCUT2D eigenvalue weighted by atomic mass is 16.4. The number of carboxylic acids is 1. The van der Waals surface area contributed by atoms with E-state index in [4.69, 9.17) is 5.11 Å². The zero-order valence-electron chi connectivity index (χ0n) is 14.6. The summed E-state index contributed by atoms with van der Waals surface area (Å²) in [7, 11) is 0. The Balaban J connectivity index is 2.44. The Morgan fingerprint density at radius 1 is 1.21 bits per heavy atom. The first-order chi connectivity index (χ1) is 11.1. The number of amides is 1. The Labute approximate surface area is 141 Å². The van der Waals surface area contributed by atoms with E-state index in [0.717, 1.165) is 11.3 Å². The summed E-state index contributed by atoms with van der Waals surface area (Å²) in [5, 5.41) is 16.0. The lowest BCUT2D eigenvalue weighted by atomic mass is 9.89. The maximum absolute atomic E-state index is 12.5. The first-order valence-electron chi connectivity index (χ1n) is 7.80. The number of aryl methyl sites for hydroxylation is 1. The fourth-order valence-corrected chi connectivity index (χ4v) is 2.26. The zero-order valence-corrected chi connectivity index (χ0v) is 14.6. The van der Waals surface area contributed by atoms with Crippen LogP contribution >= 0.6 is 0 Å². The first kappa shape index (κ1) is 17.7. The molecule has 0 aliphatic heterocycles. The van der Waals surface area contributed by atoms with Crippen LogP contribution in [0.25, 0.3) is 5.69 Å². The molecule has 0 spiro atoms. The lowest BCUT2D eigenvalue weighted by molar-refractivity contribution is -0.138. The predicted octanol–water partition coefficient (Wildman–Crippen LogP) is 2.68. The Morgan fingerprint density at radius 2 is 1.79 bits per heavy atom. The molecule has 0 saturated carbocycles. The third kappa shape index (κ3) is 3.82. The maximum Gasteiger partial charge on any atom is 0.325 e. The van der Waals surface area contributed by atoms with Crippen molar-refractivity contribution in [2.45, 2.75) is 46.1 Å². The summed E-state index contributed by atoms with van der Waals surface area (Å²) in [5.41, 5.74) is 2.63. The molecule has 2 N–H and O–H groups in total. The quantitative estimate of drug-likeness (QED) is 0.903. The van der Waals surface area contributed by atoms with Gasteiger partial charge in [-0.15, -0.1) is 0 Å². The highest BCUT2D eigenvalue weighted by molar-refractivity contribution is 5.97. The van der Waals surface area contributed by atoms with Crippen molar-refractivity contribution in [2.24, 2.45) is 0 Å². The minimum Gasteiger partial charge on any atom is -0.480 e. The molecule has 1 atom stereocenters. The smallest absolute Gasteiger partial charge is 0.325 e. The fraction of sp³-hybridized carbons (Fsp3) is 0.389. The van der Waals surface area contributed by atoms with E-state index in [1.165, 1.54) is 6.92 Å². The van der Waals surface area contributed by atoms with Crippen LogP contribution in [0.2, 0.25) is 0 Å². The van der Waals surface area contributed by atoms with Crippen molar-refractivity contribution in [2.75, 3.05) is 0 Å². The number of aromatic nitrogens is 2. The molecule has 1 unspecified atom stereocenters. The second kappa shape index (κ2) is 6.47. The van der Waals surface area contributed by atoms with E-state index in [1.807, 2.05) is 52.0 Å². The van der Waals surface area contributed by atoms with Gasteiger partial charge in [0.2, 0.25) is 0 Å². The van der Waals surface area contributed by atoms with Crippen LogP contribution in [-0.2, 0) is 10.2 Å². The van der Waals surface area contributed by atoms with Crippen molar-refractivity contribution in [3.8, 4) is 5.69 Å². The van der Waals surface area contributed by atoms with Crippen molar-refractivity contribution >= 4 is 11.9 Å². The van der Waals surface area contributed by atoms with Gasteiger partial charge in [-0.25, -0.2) is 4.68 Å². The Bertz CT molecular complexity index is 755. The standard InChI is InChI=1S/C18H23N3O3/c1-11-6-8-13(9-7-11)21-10-14(15(20-21)18(3,4)5)16(22)19-12(2)17(23)24/h6-10,12H,1-5H3,(H,19,22)(H,23,24). The van der Waals surface area contributed by atoms with Gasteiger partial charge in [0.05, 0.1) is 16.9 Å². The average Bonchev–Trinajstić information content (AvgIpc) is 2.93. The highest BCUT2D eigenvalue weighted by Crippen LogP contribution is 2.25. The van der Waals surface area contributed by atoms with Gasteiger partial charge < -0.3 is 10.4 Å². The van der Waals surface area contributed by atoms with Crippen molar-refractivity contribution < 1.29 is 14.7 Å². The molecule has 6 nitrogen and oxygen atoms in total. The molecule has 0 saturated heterocycles. The predicted molar refractivity (Wildman–Crippen MR) is 91.6 cm³/mol. The number of aliphatic carboxylic acids is 1. The van der Waals surface area contributed by atoms with Crippen LogP contribution in [-0.4, -0.2) is 32.8 Å². The summed E-state index contributed by atoms with van der Waals surface area (Å²) in [6.07, 6.45) is 1.65. The molecule has 128 valence electrons. The summed E-state index contributed by atoms with van der Waals surface area (Å²) in [6.45, 7) is 9.33. The van der Waals surface area contributed by atoms with Crippen molar-refractivity contribution in [3.63, 3.8) is 0 Å². The molecule has 0 radical (unpaired) electrons. The van der Waals surface area contributed by atoms with Crippen LogP contribution in [0.3, 0.4) is 0 Å². The van der Waals surface area contributed by atoms with E-state index in [0.29, 0.717) is 11.3 Å². The molecule has 1 aromatic carbocycles. The summed E-state index contributed by atoms with van der Waals surface area (Å²) < 4.78 is 1.65. The lowest BCUT2D eigenvalue weighted by Gasteiger charge is -2.17. The Hall–Kier alpha value is -2.63. The van der Waals surface area contributed by atoms with E-state index >= 15 is 0 Å². The monoisotopic (exact) mass is 329 g/mol. The lowest BCUT2D eigenvalue weighted by Crippen LogP contribution is -2.39. The molecule has 1 heterocycles. The molecule has 0 aliphatic carbocycles. The van der Waals surface area contributed by atoms with Gasteiger partial charge in [-0.3, -0.25) is 9.59 Å². The molecular weight excluding hydrogens is 306 g/mol. The molecule has 0 bridgehead atoms. The Kier molecular flexibility index (Phi) is 4.78. The molecule has 24 heavy (non-hydrogen) atoms. The molecule has 0 fully saturated rings. The minimum absolute atomic E-state index is 0.352. The van der Waals surface area contributed by atoms with E-state index in [2.05, 4.69) is 10.4 Å². The van der Waals surface area contributed by atoms with Gasteiger partial charge in [-0.1, -0.05) is 38.5 Å². The van der Waals surface area contributed by atoms with Crippen LogP contribution in [0.5, 0.6) is 0 Å². The molecule has 1 amide bonds. The third-order valence-electron chi connectivity index (χ3n) is 3.69. The normalized spacial score (nSPS) is 12.7. The van der Waals surface area contributed by atoms with E-state index in [-0.39, 0.29) is 5.41 Å². The molecule has 2 rings (SSSR count). The van der Waals surface area contributed by atoms with Crippen molar-refractivity contribution in [1.82, 2.24) is 15.1 Å². The number of carbonyl (C=O) groups excluding carboxylic acids is 1. The average molecular weight is 329 g/mol. The zero-order chi connectivity index (χ0) is 18.1. The van der Waals surface area contributed by atoms with Crippen LogP contribution in [0.4, 0.5) is 0 Å². The summed E-state index contributed by atoms with van der Waals surface area (Å²) in [5.74, 6) is -1.51. The second-order valence-corrected chi connectivity index (χ2v) is 6.95. The molecule has 0 aliphatic rings. The van der Waals surface area contributed by atoms with E-state index < -0.39 is 17.9 Å². The fourth-order valence-electron chi connectivity index (χ4n) is 2.26. The maximum atomic E-state index is 12.5. The summed E-state index contributed by atoms with van der Waals surface area (Å²) in [6, 6.07) is 6.83. The van der Waals surface area contributed by atoms with E-state index in [1.54, 1.807) is 10.9 Å². The van der Waals surface area contributed by atoms with Crippen LogP contribution in [0.1, 0.15) is 49.3 Å². The first-order valence-corrected chi connectivity index (χ1v) is 7.80. The number of carbonyl (C=O) groups is 2. The van der Waals surface area contributed by atoms with Gasteiger partial charge in [-0.05, 0) is 26.0 Å². The number of hydrogen-bond donors (Lipinski definition) is 2. The summed E-state index contributed by atoms with van der Waals surface area (Å²) in [4.78, 5) is 23.5. The van der Waals surface area contributed by atoms with Gasteiger partial charge in [0.15, 0.2) is 0 Å². The second-order valence-electron chi connectivity index (χ2n) is 6.95. The molecule has 6 heteroatoms. The molecule has 2 aromatic rings. The number of carboxylic acid groups (broad SMARTS) is 1. The van der Waals surface area contributed by atoms with Gasteiger partial charge in [0.25, 0.3) is 5.91 Å². The number of benzene rings is 1. The van der Waals surface area contributed by atoms with E-state index in [9.17, 15) is 9.59 Å². The van der Waals surface area contributed by atoms with Crippen LogP contribution in [0, 0.1) is 6.92 Å². The van der Waals surface area contributed by atoms with Crippen molar-refractivity contribution in [3.05, 3.63) is 47.3 Å². The number of rotatable bonds is 4. The Morgan fingerprint density at radius 3 is 2.29 bits per heavy atom. The van der Waals surface area contributed by atoms with Gasteiger partial charge >= 0.3 is 5.97 Å². The number of nitrogens with one attached hydrogen (secondary N) is 1.